The van der Waals surface area contributed by atoms with Crippen molar-refractivity contribution in [1.82, 2.24) is 5.32 Å². The standard InChI is InChI=1S/C14H23NO/c1-10-6-12(14(3,4)5)7-11(2)13(10)8-15-9-16/h6-7,15-16H,8-9H2,1-5H3. The molecule has 0 saturated heterocycles. The van der Waals surface area contributed by atoms with E-state index in [0.717, 1.165) is 6.54 Å². The van der Waals surface area contributed by atoms with Crippen molar-refractivity contribution in [1.29, 1.82) is 0 Å². The lowest BCUT2D eigenvalue weighted by molar-refractivity contribution is 0.259. The van der Waals surface area contributed by atoms with Crippen LogP contribution in [-0.4, -0.2) is 11.8 Å². The molecule has 16 heavy (non-hydrogen) atoms. The molecule has 2 heteroatoms. The van der Waals surface area contributed by atoms with Crippen LogP contribution in [0.3, 0.4) is 0 Å². The van der Waals surface area contributed by atoms with Gasteiger partial charge in [-0.25, -0.2) is 0 Å². The maximum atomic E-state index is 8.78. The molecule has 2 N–H and O–H groups in total. The Morgan fingerprint density at radius 2 is 1.62 bits per heavy atom. The first kappa shape index (κ1) is 13.2. The molecule has 0 bridgehead atoms. The maximum absolute atomic E-state index is 8.78. The third-order valence-corrected chi connectivity index (χ3v) is 2.98. The fourth-order valence-corrected chi connectivity index (χ4v) is 1.89. The normalized spacial score (nSPS) is 11.9. The van der Waals surface area contributed by atoms with Crippen LogP contribution in [-0.2, 0) is 12.0 Å². The lowest BCUT2D eigenvalue weighted by Crippen LogP contribution is -2.17. The van der Waals surface area contributed by atoms with Gasteiger partial charge >= 0.3 is 0 Å². The Kier molecular flexibility index (Phi) is 4.11. The molecule has 0 aliphatic carbocycles. The van der Waals surface area contributed by atoms with E-state index in [4.69, 9.17) is 5.11 Å². The molecule has 0 amide bonds. The molecule has 0 fully saturated rings. The Labute approximate surface area is 98.7 Å². The van der Waals surface area contributed by atoms with Gasteiger partial charge in [0.05, 0.1) is 6.73 Å². The Balaban J connectivity index is 3.08. The summed E-state index contributed by atoms with van der Waals surface area (Å²) in [7, 11) is 0. The molecule has 0 spiro atoms. The van der Waals surface area contributed by atoms with Gasteiger partial charge in [-0.05, 0) is 41.5 Å². The van der Waals surface area contributed by atoms with E-state index in [2.05, 4.69) is 52.1 Å². The van der Waals surface area contributed by atoms with Gasteiger partial charge in [-0.1, -0.05) is 32.9 Å². The van der Waals surface area contributed by atoms with Gasteiger partial charge in [0.2, 0.25) is 0 Å². The monoisotopic (exact) mass is 221 g/mol. The van der Waals surface area contributed by atoms with Crippen LogP contribution in [0.15, 0.2) is 12.1 Å². The molecule has 1 rings (SSSR count). The summed E-state index contributed by atoms with van der Waals surface area (Å²) in [6.07, 6.45) is 0. The highest BCUT2D eigenvalue weighted by Gasteiger charge is 2.15. The molecule has 0 saturated carbocycles. The SMILES string of the molecule is Cc1cc(C(C)(C)C)cc(C)c1CNCO. The summed E-state index contributed by atoms with van der Waals surface area (Å²) in [4.78, 5) is 0. The third-order valence-electron chi connectivity index (χ3n) is 2.98. The molecule has 0 aliphatic rings. The van der Waals surface area contributed by atoms with E-state index in [1.165, 1.54) is 22.3 Å². The number of rotatable bonds is 3. The van der Waals surface area contributed by atoms with E-state index in [-0.39, 0.29) is 12.1 Å². The predicted molar refractivity (Wildman–Crippen MR) is 68.5 cm³/mol. The fraction of sp³-hybridized carbons (Fsp3) is 0.571. The van der Waals surface area contributed by atoms with Crippen molar-refractivity contribution in [2.24, 2.45) is 0 Å². The van der Waals surface area contributed by atoms with E-state index < -0.39 is 0 Å². The van der Waals surface area contributed by atoms with Gasteiger partial charge in [0.25, 0.3) is 0 Å². The van der Waals surface area contributed by atoms with Crippen molar-refractivity contribution in [3.05, 3.63) is 34.4 Å². The average Bonchev–Trinajstić information content (AvgIpc) is 2.15. The quantitative estimate of drug-likeness (QED) is 0.769. The molecule has 0 atom stereocenters. The van der Waals surface area contributed by atoms with E-state index in [1.54, 1.807) is 0 Å². The van der Waals surface area contributed by atoms with Crippen LogP contribution in [0, 0.1) is 13.8 Å². The molecule has 0 heterocycles. The number of benzene rings is 1. The van der Waals surface area contributed by atoms with E-state index in [1.807, 2.05) is 0 Å². The minimum atomic E-state index is 0.0277. The molecule has 0 aromatic heterocycles. The van der Waals surface area contributed by atoms with Crippen LogP contribution >= 0.6 is 0 Å². The zero-order valence-electron chi connectivity index (χ0n) is 11.0. The summed E-state index contributed by atoms with van der Waals surface area (Å²) in [6, 6.07) is 4.50. The molecular weight excluding hydrogens is 198 g/mol. The van der Waals surface area contributed by atoms with Crippen molar-refractivity contribution in [3.8, 4) is 0 Å². The summed E-state index contributed by atoms with van der Waals surface area (Å²) in [5.74, 6) is 0. The minimum Gasteiger partial charge on any atom is -0.381 e. The van der Waals surface area contributed by atoms with Crippen LogP contribution in [0.1, 0.15) is 43.0 Å². The lowest BCUT2D eigenvalue weighted by atomic mass is 9.84. The zero-order valence-corrected chi connectivity index (χ0v) is 11.0. The second-order valence-electron chi connectivity index (χ2n) is 5.42. The van der Waals surface area contributed by atoms with Gasteiger partial charge in [0.15, 0.2) is 0 Å². The first-order chi connectivity index (χ1) is 7.36. The molecule has 0 radical (unpaired) electrons. The zero-order chi connectivity index (χ0) is 12.3. The first-order valence-corrected chi connectivity index (χ1v) is 5.78. The molecule has 1 aromatic rings. The highest BCUT2D eigenvalue weighted by Crippen LogP contribution is 2.26. The number of aliphatic hydroxyl groups is 1. The van der Waals surface area contributed by atoms with Crippen molar-refractivity contribution in [2.45, 2.75) is 46.6 Å². The topological polar surface area (TPSA) is 32.3 Å². The summed E-state index contributed by atoms with van der Waals surface area (Å²) in [6.45, 7) is 11.7. The highest BCUT2D eigenvalue weighted by atomic mass is 16.3. The second kappa shape index (κ2) is 4.98. The largest absolute Gasteiger partial charge is 0.381 e. The first-order valence-electron chi connectivity index (χ1n) is 5.78. The minimum absolute atomic E-state index is 0.0277. The van der Waals surface area contributed by atoms with Crippen molar-refractivity contribution in [3.63, 3.8) is 0 Å². The molecule has 0 unspecified atom stereocenters. The Morgan fingerprint density at radius 1 is 1.12 bits per heavy atom. The van der Waals surface area contributed by atoms with Gasteiger partial charge < -0.3 is 5.11 Å². The van der Waals surface area contributed by atoms with Crippen LogP contribution in [0.2, 0.25) is 0 Å². The number of hydrogen-bond acceptors (Lipinski definition) is 2. The summed E-state index contributed by atoms with van der Waals surface area (Å²) < 4.78 is 0. The van der Waals surface area contributed by atoms with Crippen molar-refractivity contribution < 1.29 is 5.11 Å². The highest BCUT2D eigenvalue weighted by molar-refractivity contribution is 5.40. The smallest absolute Gasteiger partial charge is 0.0934 e. The van der Waals surface area contributed by atoms with Gasteiger partial charge in [-0.2, -0.15) is 0 Å². The molecule has 1 aromatic carbocycles. The number of aryl methyl sites for hydroxylation is 2. The molecule has 90 valence electrons. The van der Waals surface area contributed by atoms with E-state index in [9.17, 15) is 0 Å². The molecular formula is C14H23NO. The third kappa shape index (κ3) is 3.06. The Hall–Kier alpha value is -0.860. The number of nitrogens with one attached hydrogen (secondary N) is 1. The van der Waals surface area contributed by atoms with Crippen LogP contribution in [0.25, 0.3) is 0 Å². The van der Waals surface area contributed by atoms with Crippen LogP contribution in [0.5, 0.6) is 0 Å². The van der Waals surface area contributed by atoms with E-state index in [0.29, 0.717) is 0 Å². The van der Waals surface area contributed by atoms with Gasteiger partial charge in [-0.15, -0.1) is 0 Å². The number of aliphatic hydroxyl groups excluding tert-OH is 1. The van der Waals surface area contributed by atoms with Gasteiger partial charge in [-0.3, -0.25) is 5.32 Å². The van der Waals surface area contributed by atoms with Crippen molar-refractivity contribution in [2.75, 3.05) is 6.73 Å². The average molecular weight is 221 g/mol. The fourth-order valence-electron chi connectivity index (χ4n) is 1.89. The Morgan fingerprint density at radius 3 is 2.00 bits per heavy atom. The summed E-state index contributed by atoms with van der Waals surface area (Å²) >= 11 is 0. The van der Waals surface area contributed by atoms with Crippen molar-refractivity contribution >= 4 is 0 Å². The Bertz CT molecular complexity index is 340. The van der Waals surface area contributed by atoms with E-state index >= 15 is 0 Å². The van der Waals surface area contributed by atoms with Crippen LogP contribution < -0.4 is 5.32 Å². The summed E-state index contributed by atoms with van der Waals surface area (Å²) in [5.41, 5.74) is 5.45. The van der Waals surface area contributed by atoms with Gasteiger partial charge in [0, 0.05) is 6.54 Å². The molecule has 0 aliphatic heterocycles. The number of hydrogen-bond donors (Lipinski definition) is 2. The van der Waals surface area contributed by atoms with Gasteiger partial charge in [0.1, 0.15) is 0 Å². The maximum Gasteiger partial charge on any atom is 0.0934 e. The predicted octanol–water partition coefficient (Wildman–Crippen LogP) is 2.64. The lowest BCUT2D eigenvalue weighted by Gasteiger charge is -2.22. The second-order valence-corrected chi connectivity index (χ2v) is 5.42. The summed E-state index contributed by atoms with van der Waals surface area (Å²) in [5, 5.41) is 11.7. The van der Waals surface area contributed by atoms with Crippen LogP contribution in [0.4, 0.5) is 0 Å². The molecule has 2 nitrogen and oxygen atoms in total.